The van der Waals surface area contributed by atoms with E-state index in [1.165, 1.54) is 12.3 Å². The Bertz CT molecular complexity index is 873. The van der Waals surface area contributed by atoms with Gasteiger partial charge < -0.3 is 14.5 Å². The number of nitrogens with zero attached hydrogens (tertiary/aromatic N) is 1. The third-order valence-corrected chi connectivity index (χ3v) is 3.34. The van der Waals surface area contributed by atoms with E-state index in [1.807, 2.05) is 0 Å². The van der Waals surface area contributed by atoms with Crippen LogP contribution in [-0.2, 0) is 4.74 Å². The molecule has 2 aromatic heterocycles. The molecular weight excluding hydrogens is 299 g/mol. The van der Waals surface area contributed by atoms with Crippen molar-refractivity contribution in [2.24, 2.45) is 0 Å². The molecule has 118 valence electrons. The summed E-state index contributed by atoms with van der Waals surface area (Å²) in [6.07, 6.45) is 3.07. The van der Waals surface area contributed by atoms with E-state index in [1.54, 1.807) is 38.2 Å². The topological polar surface area (TPSA) is 64.4 Å². The molecular formula is C17H15FN2O3. The number of furan rings is 1. The first-order valence-electron chi connectivity index (χ1n) is 7.17. The Labute approximate surface area is 132 Å². The van der Waals surface area contributed by atoms with Gasteiger partial charge in [0.1, 0.15) is 11.5 Å². The SMILES string of the molecule is CCOC(=O)c1oc2cnccc2c1Nc1ccc(C)cc1F. The lowest BCUT2D eigenvalue weighted by Crippen LogP contribution is -2.06. The summed E-state index contributed by atoms with van der Waals surface area (Å²) in [4.78, 5) is 16.1. The number of pyridine rings is 1. The van der Waals surface area contributed by atoms with Gasteiger partial charge in [0.15, 0.2) is 5.58 Å². The second kappa shape index (κ2) is 6.08. The molecule has 5 nitrogen and oxygen atoms in total. The van der Waals surface area contributed by atoms with Crippen molar-refractivity contribution in [1.29, 1.82) is 0 Å². The summed E-state index contributed by atoms with van der Waals surface area (Å²) in [5.41, 5.74) is 1.84. The molecule has 3 rings (SSSR count). The Morgan fingerprint density at radius 2 is 2.22 bits per heavy atom. The highest BCUT2D eigenvalue weighted by Crippen LogP contribution is 2.34. The number of esters is 1. The van der Waals surface area contributed by atoms with E-state index in [-0.39, 0.29) is 18.1 Å². The van der Waals surface area contributed by atoms with Gasteiger partial charge in [-0.2, -0.15) is 0 Å². The number of aromatic nitrogens is 1. The fourth-order valence-electron chi connectivity index (χ4n) is 2.27. The largest absolute Gasteiger partial charge is 0.460 e. The molecule has 0 radical (unpaired) electrons. The molecule has 23 heavy (non-hydrogen) atoms. The van der Waals surface area contributed by atoms with Gasteiger partial charge in [-0.05, 0) is 37.6 Å². The van der Waals surface area contributed by atoms with Crippen LogP contribution >= 0.6 is 0 Å². The zero-order valence-electron chi connectivity index (χ0n) is 12.7. The highest BCUT2D eigenvalue weighted by Gasteiger charge is 2.22. The fraction of sp³-hybridized carbons (Fsp3) is 0.176. The number of hydrogen-bond donors (Lipinski definition) is 1. The molecule has 0 aliphatic rings. The lowest BCUT2D eigenvalue weighted by atomic mass is 10.2. The first-order valence-corrected chi connectivity index (χ1v) is 7.17. The molecule has 0 unspecified atom stereocenters. The highest BCUT2D eigenvalue weighted by atomic mass is 19.1. The molecule has 0 amide bonds. The van der Waals surface area contributed by atoms with E-state index in [2.05, 4.69) is 10.3 Å². The number of ether oxygens (including phenoxy) is 1. The van der Waals surface area contributed by atoms with Crippen LogP contribution in [-0.4, -0.2) is 17.6 Å². The smallest absolute Gasteiger partial charge is 0.376 e. The van der Waals surface area contributed by atoms with Crippen molar-refractivity contribution in [3.05, 3.63) is 53.8 Å². The average molecular weight is 314 g/mol. The van der Waals surface area contributed by atoms with Crippen LogP contribution in [0.1, 0.15) is 23.0 Å². The van der Waals surface area contributed by atoms with Crippen LogP contribution < -0.4 is 5.32 Å². The normalized spacial score (nSPS) is 10.7. The standard InChI is InChI=1S/C17H15FN2O3/c1-3-22-17(21)16-15(11-6-7-19-9-14(11)23-16)20-13-5-4-10(2)8-12(13)18/h4-9,20H,3H2,1-2H3. The third kappa shape index (κ3) is 2.88. The zero-order chi connectivity index (χ0) is 16.4. The van der Waals surface area contributed by atoms with E-state index >= 15 is 0 Å². The predicted octanol–water partition coefficient (Wildman–Crippen LogP) is 4.20. The van der Waals surface area contributed by atoms with Gasteiger partial charge in [0.2, 0.25) is 5.76 Å². The molecule has 0 saturated carbocycles. The Morgan fingerprint density at radius 1 is 1.39 bits per heavy atom. The molecule has 0 aliphatic carbocycles. The Morgan fingerprint density at radius 3 is 2.96 bits per heavy atom. The number of fused-ring (bicyclic) bond motifs is 1. The van der Waals surface area contributed by atoms with Crippen molar-refractivity contribution in [3.63, 3.8) is 0 Å². The minimum atomic E-state index is -0.612. The predicted molar refractivity (Wildman–Crippen MR) is 84.4 cm³/mol. The number of halogens is 1. The number of anilines is 2. The van der Waals surface area contributed by atoms with E-state index in [0.29, 0.717) is 16.7 Å². The minimum Gasteiger partial charge on any atom is -0.460 e. The van der Waals surface area contributed by atoms with Gasteiger partial charge >= 0.3 is 5.97 Å². The van der Waals surface area contributed by atoms with Gasteiger partial charge in [-0.1, -0.05) is 6.07 Å². The van der Waals surface area contributed by atoms with Crippen LogP contribution in [0.3, 0.4) is 0 Å². The summed E-state index contributed by atoms with van der Waals surface area (Å²) in [7, 11) is 0. The van der Waals surface area contributed by atoms with Gasteiger partial charge in [0, 0.05) is 11.6 Å². The van der Waals surface area contributed by atoms with Gasteiger partial charge in [0.25, 0.3) is 0 Å². The molecule has 0 saturated heterocycles. The molecule has 0 spiro atoms. The molecule has 3 aromatic rings. The van der Waals surface area contributed by atoms with E-state index in [4.69, 9.17) is 9.15 Å². The summed E-state index contributed by atoms with van der Waals surface area (Å²) in [5, 5.41) is 3.56. The summed E-state index contributed by atoms with van der Waals surface area (Å²) >= 11 is 0. The maximum atomic E-state index is 14.1. The number of nitrogens with one attached hydrogen (secondary N) is 1. The van der Waals surface area contributed by atoms with Crippen molar-refractivity contribution >= 4 is 28.3 Å². The van der Waals surface area contributed by atoms with Crippen LogP contribution in [0.2, 0.25) is 0 Å². The maximum Gasteiger partial charge on any atom is 0.376 e. The van der Waals surface area contributed by atoms with Crippen molar-refractivity contribution in [2.45, 2.75) is 13.8 Å². The van der Waals surface area contributed by atoms with Crippen LogP contribution in [0.15, 0.2) is 41.1 Å². The number of aryl methyl sites for hydroxylation is 1. The van der Waals surface area contributed by atoms with Crippen LogP contribution in [0.5, 0.6) is 0 Å². The Hall–Kier alpha value is -2.89. The van der Waals surface area contributed by atoms with Gasteiger partial charge in [-0.3, -0.25) is 4.98 Å². The molecule has 0 fully saturated rings. The highest BCUT2D eigenvalue weighted by molar-refractivity contribution is 6.05. The quantitative estimate of drug-likeness (QED) is 0.731. The number of benzene rings is 1. The molecule has 1 aromatic carbocycles. The van der Waals surface area contributed by atoms with Gasteiger partial charge in [-0.25, -0.2) is 9.18 Å². The minimum absolute atomic E-state index is 0.00479. The molecule has 0 bridgehead atoms. The first-order chi connectivity index (χ1) is 11.1. The first kappa shape index (κ1) is 15.0. The van der Waals surface area contributed by atoms with E-state index in [0.717, 1.165) is 5.56 Å². The van der Waals surface area contributed by atoms with Crippen molar-refractivity contribution < 1.29 is 18.3 Å². The van der Waals surface area contributed by atoms with Gasteiger partial charge in [0.05, 0.1) is 18.5 Å². The van der Waals surface area contributed by atoms with Crippen molar-refractivity contribution in [3.8, 4) is 0 Å². The summed E-state index contributed by atoms with van der Waals surface area (Å²) in [6, 6.07) is 6.49. The second-order valence-electron chi connectivity index (χ2n) is 5.01. The number of hydrogen-bond acceptors (Lipinski definition) is 5. The summed E-state index contributed by atoms with van der Waals surface area (Å²) < 4.78 is 24.6. The lowest BCUT2D eigenvalue weighted by molar-refractivity contribution is 0.0494. The average Bonchev–Trinajstić information content (AvgIpc) is 2.89. The van der Waals surface area contributed by atoms with Gasteiger partial charge in [-0.15, -0.1) is 0 Å². The fourth-order valence-corrected chi connectivity index (χ4v) is 2.27. The molecule has 1 N–H and O–H groups in total. The number of carbonyl (C=O) groups excluding carboxylic acids is 1. The molecule has 6 heteroatoms. The monoisotopic (exact) mass is 314 g/mol. The van der Waals surface area contributed by atoms with Crippen LogP contribution in [0.4, 0.5) is 15.8 Å². The molecule has 2 heterocycles. The number of rotatable bonds is 4. The second-order valence-corrected chi connectivity index (χ2v) is 5.01. The van der Waals surface area contributed by atoms with E-state index < -0.39 is 11.8 Å². The zero-order valence-corrected chi connectivity index (χ0v) is 12.7. The van der Waals surface area contributed by atoms with E-state index in [9.17, 15) is 9.18 Å². The summed E-state index contributed by atoms with van der Waals surface area (Å²) in [5.74, 6) is -1.03. The number of carbonyl (C=O) groups is 1. The van der Waals surface area contributed by atoms with Crippen molar-refractivity contribution in [2.75, 3.05) is 11.9 Å². The molecule has 0 atom stereocenters. The van der Waals surface area contributed by atoms with Crippen LogP contribution in [0.25, 0.3) is 11.0 Å². The van der Waals surface area contributed by atoms with Crippen LogP contribution in [0, 0.1) is 12.7 Å². The Balaban J connectivity index is 2.10. The third-order valence-electron chi connectivity index (χ3n) is 3.34. The Kier molecular flexibility index (Phi) is 3.97. The summed E-state index contributed by atoms with van der Waals surface area (Å²) in [6.45, 7) is 3.72. The molecule has 0 aliphatic heterocycles. The maximum absolute atomic E-state index is 14.1. The lowest BCUT2D eigenvalue weighted by Gasteiger charge is -2.08. The van der Waals surface area contributed by atoms with Crippen molar-refractivity contribution in [1.82, 2.24) is 4.98 Å².